The third-order valence-electron chi connectivity index (χ3n) is 3.38. The molecule has 0 aliphatic heterocycles. The Bertz CT molecular complexity index is 768. The molecule has 1 aromatic carbocycles. The summed E-state index contributed by atoms with van der Waals surface area (Å²) in [6, 6.07) is 10.3. The number of rotatable bonds is 4. The number of hydrogen-bond donors (Lipinski definition) is 1. The van der Waals surface area contributed by atoms with Crippen molar-refractivity contribution in [2.75, 3.05) is 11.9 Å². The third-order valence-corrected chi connectivity index (χ3v) is 3.38. The number of nitrogens with one attached hydrogen (secondary N) is 1. The van der Waals surface area contributed by atoms with Crippen LogP contribution in [0.1, 0.15) is 18.9 Å². The second kappa shape index (κ2) is 5.87. The molecule has 4 heteroatoms. The molecule has 106 valence electrons. The van der Waals surface area contributed by atoms with Crippen molar-refractivity contribution in [3.05, 3.63) is 48.3 Å². The highest BCUT2D eigenvalue weighted by Crippen LogP contribution is 2.25. The average Bonchev–Trinajstić information content (AvgIpc) is 2.53. The number of benzene rings is 1. The molecular formula is C17H18N4. The van der Waals surface area contributed by atoms with Gasteiger partial charge >= 0.3 is 0 Å². The lowest BCUT2D eigenvalue weighted by Gasteiger charge is -2.09. The molecule has 3 rings (SSSR count). The summed E-state index contributed by atoms with van der Waals surface area (Å²) in [5.74, 6) is 0.679. The van der Waals surface area contributed by atoms with Crippen molar-refractivity contribution < 1.29 is 0 Å². The van der Waals surface area contributed by atoms with Crippen molar-refractivity contribution in [1.29, 1.82) is 0 Å². The second-order valence-corrected chi connectivity index (χ2v) is 5.06. The van der Waals surface area contributed by atoms with Crippen LogP contribution in [0.15, 0.2) is 42.7 Å². The highest BCUT2D eigenvalue weighted by atomic mass is 15.1. The van der Waals surface area contributed by atoms with Gasteiger partial charge in [0.1, 0.15) is 0 Å². The van der Waals surface area contributed by atoms with Crippen LogP contribution in [0.4, 0.5) is 5.95 Å². The molecule has 0 amide bonds. The molecule has 0 unspecified atom stereocenters. The molecule has 3 aromatic rings. The van der Waals surface area contributed by atoms with E-state index in [0.717, 1.165) is 40.7 Å². The summed E-state index contributed by atoms with van der Waals surface area (Å²) in [5, 5.41) is 4.37. The average molecular weight is 278 g/mol. The molecule has 0 bridgehead atoms. The van der Waals surface area contributed by atoms with Crippen LogP contribution >= 0.6 is 0 Å². The van der Waals surface area contributed by atoms with Crippen LogP contribution in [-0.4, -0.2) is 21.5 Å². The summed E-state index contributed by atoms with van der Waals surface area (Å²) in [6.45, 7) is 5.03. The topological polar surface area (TPSA) is 50.7 Å². The molecule has 2 heterocycles. The molecule has 0 saturated heterocycles. The zero-order chi connectivity index (χ0) is 14.7. The summed E-state index contributed by atoms with van der Waals surface area (Å²) < 4.78 is 0. The Morgan fingerprint density at radius 3 is 2.90 bits per heavy atom. The number of aryl methyl sites for hydroxylation is 1. The minimum atomic E-state index is 0.679. The molecule has 0 radical (unpaired) electrons. The number of aromatic nitrogens is 3. The predicted molar refractivity (Wildman–Crippen MR) is 86.3 cm³/mol. The zero-order valence-corrected chi connectivity index (χ0v) is 12.3. The van der Waals surface area contributed by atoms with Crippen LogP contribution in [0.3, 0.4) is 0 Å². The van der Waals surface area contributed by atoms with Crippen molar-refractivity contribution in [2.24, 2.45) is 0 Å². The number of nitrogens with zero attached hydrogens (tertiary/aromatic N) is 3. The molecule has 1 N–H and O–H groups in total. The summed E-state index contributed by atoms with van der Waals surface area (Å²) in [7, 11) is 0. The Morgan fingerprint density at radius 2 is 2.05 bits per heavy atom. The molecule has 0 saturated carbocycles. The second-order valence-electron chi connectivity index (χ2n) is 5.06. The largest absolute Gasteiger partial charge is 0.354 e. The molecule has 21 heavy (non-hydrogen) atoms. The van der Waals surface area contributed by atoms with Gasteiger partial charge in [-0.1, -0.05) is 25.1 Å². The molecule has 0 aliphatic rings. The summed E-state index contributed by atoms with van der Waals surface area (Å²) in [5.41, 5.74) is 4.07. The number of anilines is 1. The number of fused-ring (bicyclic) bond motifs is 1. The van der Waals surface area contributed by atoms with Crippen LogP contribution in [0.2, 0.25) is 0 Å². The number of hydrogen-bond acceptors (Lipinski definition) is 4. The van der Waals surface area contributed by atoms with Gasteiger partial charge in [-0.25, -0.2) is 9.97 Å². The van der Waals surface area contributed by atoms with Crippen LogP contribution in [0.25, 0.3) is 22.2 Å². The lowest BCUT2D eigenvalue weighted by molar-refractivity contribution is 0.951. The first kappa shape index (κ1) is 13.5. The van der Waals surface area contributed by atoms with Crippen LogP contribution in [0.5, 0.6) is 0 Å². The molecule has 0 atom stereocenters. The van der Waals surface area contributed by atoms with Crippen LogP contribution < -0.4 is 5.32 Å². The first-order valence-electron chi connectivity index (χ1n) is 7.20. The number of pyridine rings is 1. The maximum atomic E-state index is 4.64. The van der Waals surface area contributed by atoms with Gasteiger partial charge < -0.3 is 5.32 Å². The predicted octanol–water partition coefficient (Wildman–Crippen LogP) is 3.82. The van der Waals surface area contributed by atoms with E-state index >= 15 is 0 Å². The van der Waals surface area contributed by atoms with Gasteiger partial charge in [0, 0.05) is 29.9 Å². The SMILES string of the molecule is CCCNc1ncc(C)c(-c2ccc3cccnc3c2)n1. The monoisotopic (exact) mass is 278 g/mol. The van der Waals surface area contributed by atoms with Crippen molar-refractivity contribution in [2.45, 2.75) is 20.3 Å². The Labute approximate surface area is 124 Å². The fourth-order valence-electron chi connectivity index (χ4n) is 2.27. The van der Waals surface area contributed by atoms with E-state index in [2.05, 4.69) is 51.5 Å². The Morgan fingerprint density at radius 1 is 1.14 bits per heavy atom. The van der Waals surface area contributed by atoms with Gasteiger partial charge in [0.2, 0.25) is 5.95 Å². The van der Waals surface area contributed by atoms with Gasteiger partial charge in [-0.15, -0.1) is 0 Å². The van der Waals surface area contributed by atoms with E-state index in [0.29, 0.717) is 5.95 Å². The van der Waals surface area contributed by atoms with Gasteiger partial charge in [0.25, 0.3) is 0 Å². The standard InChI is InChI=1S/C17H18N4/c1-3-8-19-17-20-11-12(2)16(21-17)14-7-6-13-5-4-9-18-15(13)10-14/h4-7,9-11H,3,8H2,1-2H3,(H,19,20,21). The Hall–Kier alpha value is -2.49. The molecule has 0 fully saturated rings. The smallest absolute Gasteiger partial charge is 0.223 e. The zero-order valence-electron chi connectivity index (χ0n) is 12.3. The van der Waals surface area contributed by atoms with E-state index in [1.165, 1.54) is 0 Å². The van der Waals surface area contributed by atoms with Crippen molar-refractivity contribution in [3.63, 3.8) is 0 Å². The lowest BCUT2D eigenvalue weighted by atomic mass is 10.1. The van der Waals surface area contributed by atoms with Gasteiger partial charge in [-0.2, -0.15) is 0 Å². The highest BCUT2D eigenvalue weighted by molar-refractivity contribution is 5.83. The van der Waals surface area contributed by atoms with E-state index < -0.39 is 0 Å². The van der Waals surface area contributed by atoms with Gasteiger partial charge in [-0.05, 0) is 31.0 Å². The molecule has 4 nitrogen and oxygen atoms in total. The Balaban J connectivity index is 2.04. The quantitative estimate of drug-likeness (QED) is 0.788. The summed E-state index contributed by atoms with van der Waals surface area (Å²) >= 11 is 0. The Kier molecular flexibility index (Phi) is 3.77. The maximum absolute atomic E-state index is 4.64. The van der Waals surface area contributed by atoms with Gasteiger partial charge in [0.05, 0.1) is 11.2 Å². The minimum absolute atomic E-state index is 0.679. The van der Waals surface area contributed by atoms with E-state index in [9.17, 15) is 0 Å². The molecule has 2 aromatic heterocycles. The van der Waals surface area contributed by atoms with Gasteiger partial charge in [-0.3, -0.25) is 4.98 Å². The molecule has 0 spiro atoms. The van der Waals surface area contributed by atoms with Crippen molar-refractivity contribution in [3.8, 4) is 11.3 Å². The van der Waals surface area contributed by atoms with E-state index in [4.69, 9.17) is 0 Å². The van der Waals surface area contributed by atoms with Gasteiger partial charge in [0.15, 0.2) is 0 Å². The summed E-state index contributed by atoms with van der Waals surface area (Å²) in [6.07, 6.45) is 4.72. The first-order valence-corrected chi connectivity index (χ1v) is 7.20. The van der Waals surface area contributed by atoms with Crippen LogP contribution in [0, 0.1) is 6.92 Å². The molecule has 0 aliphatic carbocycles. The maximum Gasteiger partial charge on any atom is 0.223 e. The highest BCUT2D eigenvalue weighted by Gasteiger charge is 2.07. The lowest BCUT2D eigenvalue weighted by Crippen LogP contribution is -2.05. The van der Waals surface area contributed by atoms with Crippen molar-refractivity contribution in [1.82, 2.24) is 15.0 Å². The summed E-state index contributed by atoms with van der Waals surface area (Å²) in [4.78, 5) is 13.4. The van der Waals surface area contributed by atoms with E-state index in [-0.39, 0.29) is 0 Å². The van der Waals surface area contributed by atoms with Crippen molar-refractivity contribution >= 4 is 16.9 Å². The fraction of sp³-hybridized carbons (Fsp3) is 0.235. The van der Waals surface area contributed by atoms with E-state index in [1.807, 2.05) is 25.4 Å². The minimum Gasteiger partial charge on any atom is -0.354 e. The fourth-order valence-corrected chi connectivity index (χ4v) is 2.27. The first-order chi connectivity index (χ1) is 10.3. The molecular weight excluding hydrogens is 260 g/mol. The third kappa shape index (κ3) is 2.84. The van der Waals surface area contributed by atoms with Crippen LogP contribution in [-0.2, 0) is 0 Å². The van der Waals surface area contributed by atoms with E-state index in [1.54, 1.807) is 0 Å². The normalized spacial score (nSPS) is 10.8.